The number of nitrogens with one attached hydrogen (secondary N) is 1. The molecule has 2 aliphatic heterocycles. The molecule has 1 aromatic heterocycles. The highest BCUT2D eigenvalue weighted by Crippen LogP contribution is 2.38. The van der Waals surface area contributed by atoms with Gasteiger partial charge in [0.1, 0.15) is 12.4 Å². The molecule has 2 aliphatic rings. The first-order valence-corrected chi connectivity index (χ1v) is 9.91. The molecule has 1 N–H and O–H groups in total. The molecule has 6 nitrogen and oxygen atoms in total. The summed E-state index contributed by atoms with van der Waals surface area (Å²) in [7, 11) is 1.63. The number of fused-ring (bicyclic) bond motifs is 2. The molecule has 0 bridgehead atoms. The van der Waals surface area contributed by atoms with Gasteiger partial charge in [-0.05, 0) is 23.8 Å². The van der Waals surface area contributed by atoms with E-state index in [4.69, 9.17) is 9.47 Å². The molecule has 30 heavy (non-hydrogen) atoms. The minimum Gasteiger partial charge on any atom is -0.493 e. The summed E-state index contributed by atoms with van der Waals surface area (Å²) in [5.41, 5.74) is 4.04. The lowest BCUT2D eigenvalue weighted by Gasteiger charge is -2.26. The van der Waals surface area contributed by atoms with Gasteiger partial charge in [-0.2, -0.15) is 0 Å². The number of methoxy groups -OCH3 is 1. The van der Waals surface area contributed by atoms with Crippen LogP contribution in [0, 0.1) is 0 Å². The van der Waals surface area contributed by atoms with Crippen molar-refractivity contribution in [2.45, 2.75) is 18.9 Å². The zero-order chi connectivity index (χ0) is 20.5. The number of amides is 1. The highest BCUT2D eigenvalue weighted by atomic mass is 16.5. The molecule has 150 valence electrons. The molecular weight excluding hydrogens is 378 g/mol. The summed E-state index contributed by atoms with van der Waals surface area (Å²) in [6, 6.07) is 15.9. The van der Waals surface area contributed by atoms with Crippen molar-refractivity contribution in [2.24, 2.45) is 4.99 Å². The van der Waals surface area contributed by atoms with Gasteiger partial charge in [-0.25, -0.2) is 0 Å². The Morgan fingerprint density at radius 2 is 2.03 bits per heavy atom. The van der Waals surface area contributed by atoms with Crippen molar-refractivity contribution in [3.8, 4) is 11.5 Å². The Morgan fingerprint density at radius 1 is 1.13 bits per heavy atom. The number of carbonyl (C=O) groups excluding carboxylic acids is 1. The summed E-state index contributed by atoms with van der Waals surface area (Å²) < 4.78 is 11.7. The van der Waals surface area contributed by atoms with Crippen molar-refractivity contribution in [1.29, 1.82) is 0 Å². The number of hydrogen-bond acceptors (Lipinski definition) is 5. The lowest BCUT2D eigenvalue weighted by atomic mass is 9.85. The van der Waals surface area contributed by atoms with E-state index in [1.807, 2.05) is 48.5 Å². The van der Waals surface area contributed by atoms with Crippen LogP contribution in [0.4, 0.5) is 0 Å². The van der Waals surface area contributed by atoms with Gasteiger partial charge < -0.3 is 14.8 Å². The highest BCUT2D eigenvalue weighted by molar-refractivity contribution is 6.12. The van der Waals surface area contributed by atoms with Crippen LogP contribution < -0.4 is 14.8 Å². The first kappa shape index (κ1) is 18.4. The Morgan fingerprint density at radius 3 is 2.93 bits per heavy atom. The number of aliphatic imine (C=N–C) groups is 1. The number of ether oxygens (including phenoxy) is 2. The third-order valence-corrected chi connectivity index (χ3v) is 5.55. The Hall–Kier alpha value is -3.67. The fourth-order valence-corrected chi connectivity index (χ4v) is 4.08. The van der Waals surface area contributed by atoms with Gasteiger partial charge in [0, 0.05) is 35.1 Å². The number of aromatic nitrogens is 1. The quantitative estimate of drug-likeness (QED) is 0.709. The lowest BCUT2D eigenvalue weighted by molar-refractivity contribution is -0.120. The molecule has 0 radical (unpaired) electrons. The Balaban J connectivity index is 1.40. The van der Waals surface area contributed by atoms with E-state index >= 15 is 0 Å². The van der Waals surface area contributed by atoms with Crippen molar-refractivity contribution in [1.82, 2.24) is 10.3 Å². The van der Waals surface area contributed by atoms with Gasteiger partial charge in [0.2, 0.25) is 5.91 Å². The predicted octanol–water partition coefficient (Wildman–Crippen LogP) is 3.76. The maximum Gasteiger partial charge on any atom is 0.226 e. The molecule has 3 heterocycles. The number of nitrogens with zero attached hydrogens (tertiary/aromatic N) is 2. The van der Waals surface area contributed by atoms with E-state index in [0.717, 1.165) is 27.6 Å². The first-order chi connectivity index (χ1) is 14.7. The van der Waals surface area contributed by atoms with Gasteiger partial charge >= 0.3 is 0 Å². The van der Waals surface area contributed by atoms with Crippen LogP contribution in [0.5, 0.6) is 11.5 Å². The molecule has 0 spiro atoms. The largest absolute Gasteiger partial charge is 0.493 e. The Labute approximate surface area is 174 Å². The van der Waals surface area contributed by atoms with Gasteiger partial charge in [0.25, 0.3) is 0 Å². The smallest absolute Gasteiger partial charge is 0.226 e. The van der Waals surface area contributed by atoms with Crippen molar-refractivity contribution < 1.29 is 14.3 Å². The first-order valence-electron chi connectivity index (χ1n) is 9.91. The zero-order valence-corrected chi connectivity index (χ0v) is 16.6. The van der Waals surface area contributed by atoms with Crippen LogP contribution in [0.2, 0.25) is 0 Å². The van der Waals surface area contributed by atoms with Crippen LogP contribution in [0.1, 0.15) is 23.5 Å². The van der Waals surface area contributed by atoms with Crippen LogP contribution in [-0.2, 0) is 11.4 Å². The summed E-state index contributed by atoms with van der Waals surface area (Å²) in [6.07, 6.45) is 4.26. The summed E-state index contributed by atoms with van der Waals surface area (Å²) in [4.78, 5) is 20.9. The van der Waals surface area contributed by atoms with Gasteiger partial charge in [-0.1, -0.05) is 36.4 Å². The monoisotopic (exact) mass is 399 g/mol. The van der Waals surface area contributed by atoms with E-state index < -0.39 is 0 Å². The Kier molecular flexibility index (Phi) is 4.67. The molecule has 1 atom stereocenters. The van der Waals surface area contributed by atoms with Crippen LogP contribution in [0.3, 0.4) is 0 Å². The molecule has 1 saturated heterocycles. The van der Waals surface area contributed by atoms with Crippen molar-refractivity contribution >= 4 is 22.6 Å². The molecule has 3 aromatic rings. The molecule has 5 rings (SSSR count). The SMILES string of the molecule is COc1cc(C2CC(=O)NC3=NCC=C32)ccc1OCc1cccc2cccnc12. The van der Waals surface area contributed by atoms with E-state index in [-0.39, 0.29) is 11.8 Å². The number of pyridine rings is 1. The molecule has 6 heteroatoms. The third kappa shape index (κ3) is 3.30. The topological polar surface area (TPSA) is 72.8 Å². The van der Waals surface area contributed by atoms with Crippen molar-refractivity contribution in [3.05, 3.63) is 77.5 Å². The minimum atomic E-state index is -0.0229. The van der Waals surface area contributed by atoms with E-state index in [0.29, 0.717) is 36.9 Å². The molecule has 0 saturated carbocycles. The number of benzene rings is 2. The maximum atomic E-state index is 12.1. The Bertz CT molecular complexity index is 1190. The summed E-state index contributed by atoms with van der Waals surface area (Å²) in [6.45, 7) is 0.997. The number of carbonyl (C=O) groups is 1. The second-order valence-corrected chi connectivity index (χ2v) is 7.34. The van der Waals surface area contributed by atoms with Crippen LogP contribution in [0.25, 0.3) is 10.9 Å². The van der Waals surface area contributed by atoms with Crippen molar-refractivity contribution in [2.75, 3.05) is 13.7 Å². The zero-order valence-electron chi connectivity index (χ0n) is 16.6. The summed E-state index contributed by atoms with van der Waals surface area (Å²) in [5.74, 6) is 1.96. The number of hydrogen-bond donors (Lipinski definition) is 1. The summed E-state index contributed by atoms with van der Waals surface area (Å²) >= 11 is 0. The van der Waals surface area contributed by atoms with E-state index in [2.05, 4.69) is 21.4 Å². The molecule has 2 aromatic carbocycles. The van der Waals surface area contributed by atoms with Gasteiger partial charge in [-0.3, -0.25) is 14.8 Å². The highest BCUT2D eigenvalue weighted by Gasteiger charge is 2.32. The second-order valence-electron chi connectivity index (χ2n) is 7.34. The van der Waals surface area contributed by atoms with E-state index in [1.165, 1.54) is 0 Å². The number of amidine groups is 1. The van der Waals surface area contributed by atoms with E-state index in [1.54, 1.807) is 13.3 Å². The normalized spacial score (nSPS) is 17.8. The van der Waals surface area contributed by atoms with Crippen molar-refractivity contribution in [3.63, 3.8) is 0 Å². The fourth-order valence-electron chi connectivity index (χ4n) is 4.08. The maximum absolute atomic E-state index is 12.1. The van der Waals surface area contributed by atoms with Gasteiger partial charge in [-0.15, -0.1) is 0 Å². The summed E-state index contributed by atoms with van der Waals surface area (Å²) in [5, 5.41) is 3.93. The average molecular weight is 399 g/mol. The second kappa shape index (κ2) is 7.63. The van der Waals surface area contributed by atoms with Crippen LogP contribution in [-0.4, -0.2) is 30.4 Å². The van der Waals surface area contributed by atoms with Gasteiger partial charge in [0.05, 0.1) is 19.2 Å². The third-order valence-electron chi connectivity index (χ3n) is 5.55. The molecular formula is C24H21N3O3. The van der Waals surface area contributed by atoms with Gasteiger partial charge in [0.15, 0.2) is 11.5 Å². The average Bonchev–Trinajstić information content (AvgIpc) is 3.25. The molecule has 1 amide bonds. The van der Waals surface area contributed by atoms with E-state index in [9.17, 15) is 4.79 Å². The minimum absolute atomic E-state index is 0.0134. The molecule has 1 fully saturated rings. The van der Waals surface area contributed by atoms with Crippen LogP contribution >= 0.6 is 0 Å². The molecule has 0 aliphatic carbocycles. The number of piperidine rings is 1. The predicted molar refractivity (Wildman–Crippen MR) is 115 cm³/mol. The fraction of sp³-hybridized carbons (Fsp3) is 0.208. The standard InChI is InChI=1S/C24H21N3O3/c1-29-21-12-16(19-13-22(28)27-24-18(19)9-11-26-24)7-8-20(21)30-14-17-5-2-4-15-6-3-10-25-23(15)17/h2-10,12,19H,11,13-14H2,1H3,(H,26,27,28). The lowest BCUT2D eigenvalue weighted by Crippen LogP contribution is -2.38. The number of para-hydroxylation sites is 1. The molecule has 1 unspecified atom stereocenters. The number of rotatable bonds is 5. The van der Waals surface area contributed by atoms with Crippen LogP contribution in [0.15, 0.2) is 71.4 Å².